The Kier molecular flexibility index (Phi) is 4.27. The van der Waals surface area contributed by atoms with Crippen LogP contribution in [0.25, 0.3) is 44.9 Å². The van der Waals surface area contributed by atoms with E-state index in [1.807, 2.05) is 0 Å². The maximum absolute atomic E-state index is 12.0. The number of carbonyl (C=O) groups is 1. The molecule has 0 spiro atoms. The third-order valence-electron chi connectivity index (χ3n) is 5.32. The second-order valence-electron chi connectivity index (χ2n) is 7.43. The number of aromatic hydroxyl groups is 3. The molecule has 0 saturated carbocycles. The van der Waals surface area contributed by atoms with Gasteiger partial charge in [-0.05, 0) is 31.2 Å². The fourth-order valence-electron chi connectivity index (χ4n) is 3.69. The average molecular weight is 428 g/mol. The van der Waals surface area contributed by atoms with Gasteiger partial charge in [0.15, 0.2) is 23.0 Å². The molecule has 158 valence electrons. The first kappa shape index (κ1) is 19.4. The molecule has 0 fully saturated rings. The average Bonchev–Trinajstić information content (AvgIpc) is 3.24. The number of Topliss-reactive ketones (excluding diaryl/α,β-unsaturated/α-hetero) is 1. The molecule has 0 bridgehead atoms. The van der Waals surface area contributed by atoms with E-state index in [1.54, 1.807) is 36.4 Å². The zero-order chi connectivity index (χ0) is 22.6. The first-order chi connectivity index (χ1) is 15.3. The number of phenols is 3. The summed E-state index contributed by atoms with van der Waals surface area (Å²) in [5.74, 6) is -0.118. The van der Waals surface area contributed by atoms with Crippen molar-refractivity contribution in [2.45, 2.75) is 6.92 Å². The van der Waals surface area contributed by atoms with Crippen LogP contribution in [0, 0.1) is 0 Å². The van der Waals surface area contributed by atoms with Gasteiger partial charge in [-0.3, -0.25) is 9.59 Å². The lowest BCUT2D eigenvalue weighted by atomic mass is 9.97. The van der Waals surface area contributed by atoms with E-state index in [0.29, 0.717) is 33.6 Å². The van der Waals surface area contributed by atoms with Crippen LogP contribution >= 0.6 is 0 Å². The fraction of sp³-hybridized carbons (Fsp3) is 0.0400. The fourth-order valence-corrected chi connectivity index (χ4v) is 3.69. The molecule has 2 aliphatic rings. The third kappa shape index (κ3) is 3.07. The van der Waals surface area contributed by atoms with Gasteiger partial charge in [0.2, 0.25) is 5.43 Å². The number of ketones is 1. The number of furan rings is 1. The van der Waals surface area contributed by atoms with Gasteiger partial charge in [0.1, 0.15) is 22.9 Å². The van der Waals surface area contributed by atoms with Crippen LogP contribution in [-0.2, 0) is 0 Å². The summed E-state index contributed by atoms with van der Waals surface area (Å²) in [6, 6.07) is 15.4. The zero-order valence-corrected chi connectivity index (χ0v) is 16.7. The summed E-state index contributed by atoms with van der Waals surface area (Å²) >= 11 is 0. The summed E-state index contributed by atoms with van der Waals surface area (Å²) in [4.78, 5) is 23.5. The summed E-state index contributed by atoms with van der Waals surface area (Å²) < 4.78 is 11.8. The van der Waals surface area contributed by atoms with Crippen molar-refractivity contribution in [1.82, 2.24) is 0 Å². The molecule has 0 saturated heterocycles. The van der Waals surface area contributed by atoms with Gasteiger partial charge >= 0.3 is 0 Å². The number of hydrogen-bond acceptors (Lipinski definition) is 7. The van der Waals surface area contributed by atoms with E-state index in [1.165, 1.54) is 25.1 Å². The Morgan fingerprint density at radius 2 is 1.44 bits per heavy atom. The number of fused-ring (bicyclic) bond motifs is 2. The van der Waals surface area contributed by atoms with E-state index in [0.717, 1.165) is 11.6 Å². The molecule has 1 aliphatic carbocycles. The highest BCUT2D eigenvalue weighted by atomic mass is 16.3. The minimum atomic E-state index is -0.611. The molecule has 7 nitrogen and oxygen atoms in total. The van der Waals surface area contributed by atoms with Crippen molar-refractivity contribution in [1.29, 1.82) is 0 Å². The number of rotatable bonds is 3. The Morgan fingerprint density at radius 3 is 2.16 bits per heavy atom. The van der Waals surface area contributed by atoms with Gasteiger partial charge < -0.3 is 24.2 Å². The van der Waals surface area contributed by atoms with Gasteiger partial charge in [0.05, 0.1) is 0 Å². The molecule has 0 unspecified atom stereocenters. The predicted molar refractivity (Wildman–Crippen MR) is 117 cm³/mol. The molecule has 7 heteroatoms. The largest absolute Gasteiger partial charge is 0.504 e. The minimum absolute atomic E-state index is 0.0386. The summed E-state index contributed by atoms with van der Waals surface area (Å²) in [6.07, 6.45) is 0. The third-order valence-corrected chi connectivity index (χ3v) is 5.32. The molecule has 1 aliphatic heterocycles. The van der Waals surface area contributed by atoms with Crippen molar-refractivity contribution in [2.75, 3.05) is 0 Å². The predicted octanol–water partition coefficient (Wildman–Crippen LogP) is 5.14. The van der Waals surface area contributed by atoms with E-state index in [4.69, 9.17) is 8.83 Å². The van der Waals surface area contributed by atoms with Gasteiger partial charge in [-0.2, -0.15) is 0 Å². The van der Waals surface area contributed by atoms with Crippen LogP contribution in [-0.4, -0.2) is 21.1 Å². The van der Waals surface area contributed by atoms with E-state index in [-0.39, 0.29) is 28.6 Å². The smallest absolute Gasteiger partial charge is 0.223 e. The lowest BCUT2D eigenvalue weighted by Crippen LogP contribution is -2.01. The molecule has 2 heterocycles. The highest BCUT2D eigenvalue weighted by Gasteiger charge is 2.23. The van der Waals surface area contributed by atoms with Crippen molar-refractivity contribution in [3.63, 3.8) is 0 Å². The first-order valence-corrected chi connectivity index (χ1v) is 9.69. The molecule has 0 amide bonds. The van der Waals surface area contributed by atoms with Crippen molar-refractivity contribution >= 4 is 16.8 Å². The first-order valence-electron chi connectivity index (χ1n) is 9.69. The maximum atomic E-state index is 12.0. The Morgan fingerprint density at radius 1 is 0.750 bits per heavy atom. The number of hydrogen-bond donors (Lipinski definition) is 3. The Hall–Kier alpha value is -4.52. The zero-order valence-electron chi connectivity index (χ0n) is 16.7. The minimum Gasteiger partial charge on any atom is -0.504 e. The quantitative estimate of drug-likeness (QED) is 0.207. The normalized spacial score (nSPS) is 11.3. The number of benzene rings is 3. The molecule has 5 rings (SSSR count). The molecule has 3 aromatic rings. The topological polar surface area (TPSA) is 121 Å². The Labute approximate surface area is 180 Å². The Bertz CT molecular complexity index is 1540. The maximum Gasteiger partial charge on any atom is 0.223 e. The van der Waals surface area contributed by atoms with Gasteiger partial charge in [-0.1, -0.05) is 24.3 Å². The van der Waals surface area contributed by atoms with E-state index in [2.05, 4.69) is 0 Å². The van der Waals surface area contributed by atoms with Crippen LogP contribution < -0.4 is 5.43 Å². The molecule has 1 aromatic heterocycles. The van der Waals surface area contributed by atoms with Crippen molar-refractivity contribution < 1.29 is 28.9 Å². The SMILES string of the molecule is CC(=O)c1ccc(-c2ccc(-c3c4cc(O)c(=O)cc-4oc4cc(O)c(O)cc34)o2)cc1. The molecular weight excluding hydrogens is 412 g/mol. The number of carbonyl (C=O) groups excluding carboxylic acids is 1. The molecule has 0 atom stereocenters. The number of phenolic OH excluding ortho intramolecular Hbond substituents is 3. The Balaban J connectivity index is 1.76. The monoisotopic (exact) mass is 428 g/mol. The van der Waals surface area contributed by atoms with E-state index >= 15 is 0 Å². The van der Waals surface area contributed by atoms with Gasteiger partial charge in [-0.25, -0.2) is 0 Å². The van der Waals surface area contributed by atoms with Crippen molar-refractivity contribution in [3.05, 3.63) is 76.5 Å². The molecule has 3 N–H and O–H groups in total. The van der Waals surface area contributed by atoms with Crippen molar-refractivity contribution in [3.8, 4) is 51.2 Å². The lowest BCUT2D eigenvalue weighted by Gasteiger charge is -2.14. The molecule has 2 aromatic carbocycles. The molecule has 0 radical (unpaired) electrons. The van der Waals surface area contributed by atoms with E-state index < -0.39 is 11.2 Å². The highest BCUT2D eigenvalue weighted by Crippen LogP contribution is 2.44. The van der Waals surface area contributed by atoms with Crippen molar-refractivity contribution in [2.24, 2.45) is 0 Å². The molecular formula is C25H16O7. The lowest BCUT2D eigenvalue weighted by molar-refractivity contribution is 0.101. The van der Waals surface area contributed by atoms with Crippen LogP contribution in [0.4, 0.5) is 0 Å². The van der Waals surface area contributed by atoms with Crippen LogP contribution in [0.1, 0.15) is 17.3 Å². The molecule has 32 heavy (non-hydrogen) atoms. The van der Waals surface area contributed by atoms with Gasteiger partial charge in [0.25, 0.3) is 0 Å². The standard InChI is InChI=1S/C25H16O7/c1-12(26)13-2-4-14(5-3-13)21-6-7-22(31-21)25-15-8-17(27)19(29)10-23(15)32-24-11-20(30)18(28)9-16(24)25/h2-11,27-29H,1H3. The van der Waals surface area contributed by atoms with Crippen LogP contribution in [0.15, 0.2) is 74.3 Å². The summed E-state index contributed by atoms with van der Waals surface area (Å²) in [5.41, 5.74) is 1.81. The summed E-state index contributed by atoms with van der Waals surface area (Å²) in [5, 5.41) is 30.4. The highest BCUT2D eigenvalue weighted by molar-refractivity contribution is 6.02. The van der Waals surface area contributed by atoms with Gasteiger partial charge in [0, 0.05) is 39.8 Å². The van der Waals surface area contributed by atoms with E-state index in [9.17, 15) is 24.9 Å². The van der Waals surface area contributed by atoms with Crippen LogP contribution in [0.5, 0.6) is 17.2 Å². The second kappa shape index (κ2) is 7.02. The summed E-state index contributed by atoms with van der Waals surface area (Å²) in [7, 11) is 0. The van der Waals surface area contributed by atoms with Gasteiger partial charge in [-0.15, -0.1) is 0 Å². The second-order valence-corrected chi connectivity index (χ2v) is 7.43. The summed E-state index contributed by atoms with van der Waals surface area (Å²) in [6.45, 7) is 1.49. The van der Waals surface area contributed by atoms with Crippen LogP contribution in [0.2, 0.25) is 0 Å². The van der Waals surface area contributed by atoms with Crippen LogP contribution in [0.3, 0.4) is 0 Å².